The number of ether oxygens (including phenoxy) is 1. The molecule has 0 aliphatic rings. The number of hydrogen-bond donors (Lipinski definition) is 1. The summed E-state index contributed by atoms with van der Waals surface area (Å²) in [4.78, 5) is 4.93. The molecule has 1 N–H and O–H groups in total. The fraction of sp³-hybridized carbons (Fsp3) is 0.167. The lowest BCUT2D eigenvalue weighted by Crippen LogP contribution is -1.86. The van der Waals surface area contributed by atoms with E-state index in [0.29, 0.717) is 8.83 Å². The predicted molar refractivity (Wildman–Crippen MR) is 76.0 cm³/mol. The first kappa shape index (κ1) is 12.8. The second-order valence-corrected chi connectivity index (χ2v) is 5.25. The Hall–Kier alpha value is -1.66. The van der Waals surface area contributed by atoms with Crippen molar-refractivity contribution in [3.8, 4) is 11.6 Å². The Kier molecular flexibility index (Phi) is 3.78. The van der Waals surface area contributed by atoms with E-state index in [1.54, 1.807) is 24.9 Å². The van der Waals surface area contributed by atoms with Crippen LogP contribution in [0.5, 0.6) is 11.6 Å². The van der Waals surface area contributed by atoms with Gasteiger partial charge < -0.3 is 9.84 Å². The first-order valence-corrected chi connectivity index (χ1v) is 6.41. The van der Waals surface area contributed by atoms with Crippen LogP contribution in [0.25, 0.3) is 0 Å². The molecule has 94 valence electrons. The monoisotopic (exact) mass is 280 g/mol. The number of benzene rings is 1. The van der Waals surface area contributed by atoms with Crippen molar-refractivity contribution in [1.82, 2.24) is 4.57 Å². The molecule has 4 nitrogen and oxygen atoms in total. The van der Waals surface area contributed by atoms with Crippen molar-refractivity contribution in [1.29, 1.82) is 0 Å². The van der Waals surface area contributed by atoms with Crippen LogP contribution >= 0.6 is 23.6 Å². The largest absolute Gasteiger partial charge is 0.497 e. The summed E-state index contributed by atoms with van der Waals surface area (Å²) in [6, 6.07) is 7.35. The van der Waals surface area contributed by atoms with E-state index < -0.39 is 0 Å². The average molecular weight is 280 g/mol. The Morgan fingerprint density at radius 3 is 2.56 bits per heavy atom. The summed E-state index contributed by atoms with van der Waals surface area (Å²) >= 11 is 6.39. The zero-order valence-corrected chi connectivity index (χ0v) is 11.6. The summed E-state index contributed by atoms with van der Waals surface area (Å²) in [5, 5.41) is 9.77. The number of aliphatic imine (C=N–C) groups is 1. The first-order valence-electron chi connectivity index (χ1n) is 5.18. The van der Waals surface area contributed by atoms with Gasteiger partial charge in [0.15, 0.2) is 3.95 Å². The second-order valence-electron chi connectivity index (χ2n) is 3.57. The maximum atomic E-state index is 9.77. The highest BCUT2D eigenvalue weighted by Crippen LogP contribution is 2.24. The number of nitrogens with zero attached hydrogens (tertiary/aromatic N) is 2. The SMILES string of the molecule is COc1ccc(N=Cc2sc(=S)n(C)c2O)cc1. The van der Waals surface area contributed by atoms with Gasteiger partial charge in [-0.25, -0.2) is 0 Å². The molecule has 0 saturated carbocycles. The van der Waals surface area contributed by atoms with E-state index in [4.69, 9.17) is 17.0 Å². The van der Waals surface area contributed by atoms with Gasteiger partial charge in [-0.15, -0.1) is 0 Å². The van der Waals surface area contributed by atoms with Gasteiger partial charge in [0, 0.05) is 7.05 Å². The van der Waals surface area contributed by atoms with Gasteiger partial charge >= 0.3 is 0 Å². The molecular formula is C12H12N2O2S2. The molecule has 0 radical (unpaired) electrons. The molecule has 1 aromatic carbocycles. The molecule has 1 heterocycles. The van der Waals surface area contributed by atoms with E-state index in [1.807, 2.05) is 24.3 Å². The second kappa shape index (κ2) is 5.32. The highest BCUT2D eigenvalue weighted by molar-refractivity contribution is 7.73. The van der Waals surface area contributed by atoms with Crippen molar-refractivity contribution < 1.29 is 9.84 Å². The average Bonchev–Trinajstić information content (AvgIpc) is 2.64. The normalized spacial score (nSPS) is 11.0. The number of thiazole rings is 1. The lowest BCUT2D eigenvalue weighted by atomic mass is 10.3. The van der Waals surface area contributed by atoms with Gasteiger partial charge in [0.1, 0.15) is 10.6 Å². The number of methoxy groups -OCH3 is 1. The molecule has 0 amide bonds. The molecule has 6 heteroatoms. The van der Waals surface area contributed by atoms with Crippen molar-refractivity contribution in [2.45, 2.75) is 0 Å². The van der Waals surface area contributed by atoms with Gasteiger partial charge in [-0.1, -0.05) is 11.3 Å². The Labute approximate surface area is 114 Å². The van der Waals surface area contributed by atoms with E-state index in [1.165, 1.54) is 11.3 Å². The third-order valence-electron chi connectivity index (χ3n) is 2.41. The van der Waals surface area contributed by atoms with Crippen LogP contribution < -0.4 is 4.74 Å². The van der Waals surface area contributed by atoms with Crippen molar-refractivity contribution in [2.75, 3.05) is 7.11 Å². The van der Waals surface area contributed by atoms with Crippen LogP contribution in [0.4, 0.5) is 5.69 Å². The Morgan fingerprint density at radius 2 is 2.06 bits per heavy atom. The molecule has 0 spiro atoms. The summed E-state index contributed by atoms with van der Waals surface area (Å²) in [6.45, 7) is 0. The van der Waals surface area contributed by atoms with Crippen LogP contribution in [0, 0.1) is 3.95 Å². The molecule has 0 aliphatic heterocycles. The standard InChI is InChI=1S/C12H12N2O2S2/c1-14-11(15)10(18-12(14)17)7-13-8-3-5-9(16-2)6-4-8/h3-7,15H,1-2H3. The molecule has 18 heavy (non-hydrogen) atoms. The van der Waals surface area contributed by atoms with E-state index in [0.717, 1.165) is 11.4 Å². The van der Waals surface area contributed by atoms with E-state index >= 15 is 0 Å². The third-order valence-corrected chi connectivity index (χ3v) is 3.89. The number of hydrogen-bond acceptors (Lipinski definition) is 5. The first-order chi connectivity index (χ1) is 8.61. The zero-order valence-electron chi connectivity index (χ0n) is 9.95. The smallest absolute Gasteiger partial charge is 0.211 e. The topological polar surface area (TPSA) is 46.8 Å². The Morgan fingerprint density at radius 1 is 1.39 bits per heavy atom. The molecule has 0 aliphatic carbocycles. The summed E-state index contributed by atoms with van der Waals surface area (Å²) in [6.07, 6.45) is 1.61. The molecule has 0 fully saturated rings. The number of aromatic hydroxyl groups is 1. The predicted octanol–water partition coefficient (Wildman–Crippen LogP) is 3.28. The minimum absolute atomic E-state index is 0.141. The van der Waals surface area contributed by atoms with Gasteiger partial charge in [-0.2, -0.15) is 0 Å². The van der Waals surface area contributed by atoms with Crippen LogP contribution in [0.2, 0.25) is 0 Å². The lowest BCUT2D eigenvalue weighted by molar-refractivity contribution is 0.415. The maximum Gasteiger partial charge on any atom is 0.211 e. The highest BCUT2D eigenvalue weighted by Gasteiger charge is 2.05. The summed E-state index contributed by atoms with van der Waals surface area (Å²) < 4.78 is 7.23. The van der Waals surface area contributed by atoms with Gasteiger partial charge in [-0.05, 0) is 36.5 Å². The van der Waals surface area contributed by atoms with Crippen molar-refractivity contribution >= 4 is 35.5 Å². The summed E-state index contributed by atoms with van der Waals surface area (Å²) in [7, 11) is 3.34. The molecule has 1 aromatic heterocycles. The number of rotatable bonds is 3. The third kappa shape index (κ3) is 2.60. The quantitative estimate of drug-likeness (QED) is 0.693. The van der Waals surface area contributed by atoms with Gasteiger partial charge in [-0.3, -0.25) is 9.56 Å². The minimum atomic E-state index is 0.141. The Balaban J connectivity index is 2.24. The zero-order chi connectivity index (χ0) is 13.1. The van der Waals surface area contributed by atoms with E-state index in [2.05, 4.69) is 4.99 Å². The van der Waals surface area contributed by atoms with Crippen LogP contribution in [0.1, 0.15) is 4.88 Å². The van der Waals surface area contributed by atoms with Crippen LogP contribution in [0.15, 0.2) is 29.3 Å². The van der Waals surface area contributed by atoms with Crippen molar-refractivity contribution in [2.24, 2.45) is 12.0 Å². The van der Waals surface area contributed by atoms with Crippen LogP contribution in [-0.4, -0.2) is 23.0 Å². The number of aromatic nitrogens is 1. The van der Waals surface area contributed by atoms with E-state index in [-0.39, 0.29) is 5.88 Å². The fourth-order valence-electron chi connectivity index (χ4n) is 1.35. The molecule has 0 bridgehead atoms. The van der Waals surface area contributed by atoms with Gasteiger partial charge in [0.2, 0.25) is 5.88 Å². The van der Waals surface area contributed by atoms with Crippen LogP contribution in [-0.2, 0) is 7.05 Å². The maximum absolute atomic E-state index is 9.77. The molecule has 0 saturated heterocycles. The van der Waals surface area contributed by atoms with Crippen LogP contribution in [0.3, 0.4) is 0 Å². The van der Waals surface area contributed by atoms with Gasteiger partial charge in [0.25, 0.3) is 0 Å². The molecular weight excluding hydrogens is 268 g/mol. The Bertz CT molecular complexity index is 627. The van der Waals surface area contributed by atoms with Gasteiger partial charge in [0.05, 0.1) is 19.0 Å². The summed E-state index contributed by atoms with van der Waals surface area (Å²) in [5.41, 5.74) is 0.789. The lowest BCUT2D eigenvalue weighted by Gasteiger charge is -1.98. The van der Waals surface area contributed by atoms with Crippen molar-refractivity contribution in [3.63, 3.8) is 0 Å². The van der Waals surface area contributed by atoms with E-state index in [9.17, 15) is 5.11 Å². The van der Waals surface area contributed by atoms with Crippen molar-refractivity contribution in [3.05, 3.63) is 33.1 Å². The fourth-order valence-corrected chi connectivity index (χ4v) is 2.45. The highest BCUT2D eigenvalue weighted by atomic mass is 32.1. The molecule has 2 aromatic rings. The summed E-state index contributed by atoms with van der Waals surface area (Å²) in [5.74, 6) is 0.925. The minimum Gasteiger partial charge on any atom is -0.497 e. The molecule has 2 rings (SSSR count). The molecule has 0 unspecified atom stereocenters. The molecule has 0 atom stereocenters.